The number of aromatic nitrogens is 2. The number of aliphatic hydroxyl groups excluding tert-OH is 1. The molecule has 1 fully saturated rings. The molecule has 114 valence electrons. The summed E-state index contributed by atoms with van der Waals surface area (Å²) in [4.78, 5) is 6.48. The molecule has 0 spiro atoms. The molecule has 0 radical (unpaired) electrons. The van der Waals surface area contributed by atoms with E-state index in [9.17, 15) is 5.11 Å². The van der Waals surface area contributed by atoms with E-state index < -0.39 is 0 Å². The van der Waals surface area contributed by atoms with Crippen LogP contribution >= 0.6 is 0 Å². The van der Waals surface area contributed by atoms with Crippen LogP contribution in [0, 0.1) is 6.92 Å². The number of benzene rings is 1. The van der Waals surface area contributed by atoms with Crippen LogP contribution in [0.15, 0.2) is 39.5 Å². The third kappa shape index (κ3) is 2.30. The molecule has 0 amide bonds. The van der Waals surface area contributed by atoms with Crippen molar-refractivity contribution in [3.8, 4) is 0 Å². The summed E-state index contributed by atoms with van der Waals surface area (Å²) in [5.74, 6) is 1.19. The molecule has 6 nitrogen and oxygen atoms in total. The molecule has 1 N–H and O–H groups in total. The number of likely N-dealkylation sites (tertiary alicyclic amines) is 1. The second kappa shape index (κ2) is 5.23. The fourth-order valence-corrected chi connectivity index (χ4v) is 3.13. The molecule has 3 aromatic rings. The van der Waals surface area contributed by atoms with Crippen LogP contribution in [0.4, 0.5) is 0 Å². The normalized spacial score (nSPS) is 22.6. The molecule has 1 saturated heterocycles. The molecular formula is C16H17N3O3. The second-order valence-corrected chi connectivity index (χ2v) is 5.77. The van der Waals surface area contributed by atoms with E-state index in [4.69, 9.17) is 8.94 Å². The van der Waals surface area contributed by atoms with E-state index in [1.807, 2.05) is 24.3 Å². The lowest BCUT2D eigenvalue weighted by molar-refractivity contribution is 0.169. The Morgan fingerprint density at radius 1 is 1.36 bits per heavy atom. The fraction of sp³-hybridized carbons (Fsp3) is 0.375. The van der Waals surface area contributed by atoms with E-state index in [1.54, 1.807) is 13.2 Å². The molecule has 0 saturated carbocycles. The zero-order valence-corrected chi connectivity index (χ0v) is 12.3. The smallest absolute Gasteiger partial charge is 0.244 e. The van der Waals surface area contributed by atoms with Crippen molar-refractivity contribution in [3.63, 3.8) is 0 Å². The van der Waals surface area contributed by atoms with Crippen LogP contribution in [0.5, 0.6) is 0 Å². The van der Waals surface area contributed by atoms with Crippen molar-refractivity contribution in [2.45, 2.75) is 32.0 Å². The van der Waals surface area contributed by atoms with Crippen LogP contribution in [0.3, 0.4) is 0 Å². The van der Waals surface area contributed by atoms with E-state index in [1.165, 1.54) is 0 Å². The summed E-state index contributed by atoms with van der Waals surface area (Å²) in [6.45, 7) is 3.07. The van der Waals surface area contributed by atoms with Gasteiger partial charge in [0, 0.05) is 24.0 Å². The van der Waals surface area contributed by atoms with Crippen LogP contribution in [-0.4, -0.2) is 32.8 Å². The second-order valence-electron chi connectivity index (χ2n) is 5.77. The van der Waals surface area contributed by atoms with Gasteiger partial charge >= 0.3 is 0 Å². The standard InChI is InChI=1S/C16H17N3O3/c1-10-17-16(22-18-10)14-6-12(20)8-19(14)7-11-9-21-15-5-3-2-4-13(11)15/h2-5,9,12,14,20H,6-8H2,1H3/t12-,14-/m1/s1. The number of hydrogen-bond donors (Lipinski definition) is 1. The van der Waals surface area contributed by atoms with Gasteiger partial charge in [0.15, 0.2) is 5.82 Å². The van der Waals surface area contributed by atoms with Gasteiger partial charge in [-0.2, -0.15) is 4.98 Å². The average molecular weight is 299 g/mol. The SMILES string of the molecule is Cc1noc([C@H]2C[C@@H](O)CN2Cc2coc3ccccc23)n1. The Morgan fingerprint density at radius 2 is 2.23 bits per heavy atom. The van der Waals surface area contributed by atoms with E-state index in [0.717, 1.165) is 16.5 Å². The van der Waals surface area contributed by atoms with Crippen LogP contribution in [-0.2, 0) is 6.54 Å². The number of aliphatic hydroxyl groups is 1. The third-order valence-electron chi connectivity index (χ3n) is 4.14. The van der Waals surface area contributed by atoms with Crippen molar-refractivity contribution < 1.29 is 14.0 Å². The molecule has 0 aliphatic carbocycles. The van der Waals surface area contributed by atoms with E-state index in [0.29, 0.717) is 31.2 Å². The summed E-state index contributed by atoms with van der Waals surface area (Å²) < 4.78 is 10.9. The lowest BCUT2D eigenvalue weighted by Gasteiger charge is -2.20. The first-order valence-electron chi connectivity index (χ1n) is 7.38. The third-order valence-corrected chi connectivity index (χ3v) is 4.14. The van der Waals surface area contributed by atoms with Crippen molar-refractivity contribution in [1.82, 2.24) is 15.0 Å². The molecule has 22 heavy (non-hydrogen) atoms. The highest BCUT2D eigenvalue weighted by molar-refractivity contribution is 5.80. The first-order valence-corrected chi connectivity index (χ1v) is 7.38. The lowest BCUT2D eigenvalue weighted by Crippen LogP contribution is -2.24. The molecule has 2 atom stereocenters. The van der Waals surface area contributed by atoms with Crippen LogP contribution in [0.25, 0.3) is 11.0 Å². The molecule has 2 aromatic heterocycles. The molecule has 0 bridgehead atoms. The predicted molar refractivity (Wildman–Crippen MR) is 79.0 cm³/mol. The number of rotatable bonds is 3. The lowest BCUT2D eigenvalue weighted by atomic mass is 10.1. The molecule has 1 aliphatic heterocycles. The van der Waals surface area contributed by atoms with Crippen molar-refractivity contribution >= 4 is 11.0 Å². The number of fused-ring (bicyclic) bond motifs is 1. The number of para-hydroxylation sites is 1. The van der Waals surface area contributed by atoms with E-state index in [-0.39, 0.29) is 12.1 Å². The Balaban J connectivity index is 1.63. The van der Waals surface area contributed by atoms with Crippen LogP contribution in [0.1, 0.15) is 29.7 Å². The number of β-amino-alcohol motifs (C(OH)–C–C–N with tert-alkyl or cyclic N) is 1. The first-order chi connectivity index (χ1) is 10.7. The molecule has 6 heteroatoms. The summed E-state index contributed by atoms with van der Waals surface area (Å²) in [7, 11) is 0. The highest BCUT2D eigenvalue weighted by atomic mass is 16.5. The Morgan fingerprint density at radius 3 is 3.05 bits per heavy atom. The van der Waals surface area contributed by atoms with Crippen molar-refractivity contribution in [2.24, 2.45) is 0 Å². The monoisotopic (exact) mass is 299 g/mol. The summed E-state index contributed by atoms with van der Waals surface area (Å²) >= 11 is 0. The fourth-order valence-electron chi connectivity index (χ4n) is 3.13. The number of aryl methyl sites for hydroxylation is 1. The molecule has 1 aromatic carbocycles. The van der Waals surface area contributed by atoms with Gasteiger partial charge in [0.1, 0.15) is 5.58 Å². The molecular weight excluding hydrogens is 282 g/mol. The summed E-state index contributed by atoms with van der Waals surface area (Å²) in [5.41, 5.74) is 1.98. The first kappa shape index (κ1) is 13.5. The Hall–Kier alpha value is -2.18. The van der Waals surface area contributed by atoms with Crippen molar-refractivity contribution in [1.29, 1.82) is 0 Å². The van der Waals surface area contributed by atoms with Crippen molar-refractivity contribution in [2.75, 3.05) is 6.54 Å². The average Bonchev–Trinajstić information content (AvgIpc) is 3.19. The molecule has 3 heterocycles. The van der Waals surface area contributed by atoms with Gasteiger partial charge < -0.3 is 14.0 Å². The van der Waals surface area contributed by atoms with Gasteiger partial charge in [-0.05, 0) is 19.4 Å². The summed E-state index contributed by atoms with van der Waals surface area (Å²) in [6, 6.07) is 7.91. The van der Waals surface area contributed by atoms with Crippen LogP contribution in [0.2, 0.25) is 0 Å². The topological polar surface area (TPSA) is 75.5 Å². The van der Waals surface area contributed by atoms with E-state index >= 15 is 0 Å². The number of hydrogen-bond acceptors (Lipinski definition) is 6. The minimum absolute atomic E-state index is 0.0511. The Bertz CT molecular complexity index is 795. The van der Waals surface area contributed by atoms with Crippen LogP contribution < -0.4 is 0 Å². The summed E-state index contributed by atoms with van der Waals surface area (Å²) in [5, 5.41) is 15.0. The Labute approximate surface area is 127 Å². The molecule has 4 rings (SSSR count). The highest BCUT2D eigenvalue weighted by Crippen LogP contribution is 2.34. The maximum absolute atomic E-state index is 10.0. The van der Waals surface area contributed by atoms with Gasteiger partial charge in [-0.25, -0.2) is 0 Å². The minimum Gasteiger partial charge on any atom is -0.464 e. The maximum Gasteiger partial charge on any atom is 0.244 e. The predicted octanol–water partition coefficient (Wildman–Crippen LogP) is 2.43. The zero-order chi connectivity index (χ0) is 15.1. The summed E-state index contributed by atoms with van der Waals surface area (Å²) in [6.07, 6.45) is 2.01. The number of furan rings is 1. The molecule has 0 unspecified atom stereocenters. The van der Waals surface area contributed by atoms with Gasteiger partial charge in [-0.15, -0.1) is 0 Å². The minimum atomic E-state index is -0.379. The van der Waals surface area contributed by atoms with E-state index in [2.05, 4.69) is 15.0 Å². The van der Waals surface area contributed by atoms with Crippen molar-refractivity contribution in [3.05, 3.63) is 47.8 Å². The quantitative estimate of drug-likeness (QED) is 0.800. The van der Waals surface area contributed by atoms with Gasteiger partial charge in [0.2, 0.25) is 5.89 Å². The van der Waals surface area contributed by atoms with Gasteiger partial charge in [-0.3, -0.25) is 4.90 Å². The number of nitrogens with zero attached hydrogens (tertiary/aromatic N) is 3. The van der Waals surface area contributed by atoms with Gasteiger partial charge in [-0.1, -0.05) is 23.4 Å². The van der Waals surface area contributed by atoms with Gasteiger partial charge in [0.05, 0.1) is 18.4 Å². The Kier molecular flexibility index (Phi) is 3.20. The molecule has 1 aliphatic rings. The maximum atomic E-state index is 10.0. The largest absolute Gasteiger partial charge is 0.464 e. The highest BCUT2D eigenvalue weighted by Gasteiger charge is 2.36. The zero-order valence-electron chi connectivity index (χ0n) is 12.3. The van der Waals surface area contributed by atoms with Gasteiger partial charge in [0.25, 0.3) is 0 Å².